The van der Waals surface area contributed by atoms with Gasteiger partial charge in [0.25, 0.3) is 0 Å². The number of nitrogens with two attached hydrogens (primary N) is 1. The lowest BCUT2D eigenvalue weighted by atomic mass is 10.1. The number of aromatic nitrogens is 1. The quantitative estimate of drug-likeness (QED) is 0.831. The van der Waals surface area contributed by atoms with Crippen molar-refractivity contribution in [2.45, 2.75) is 13.3 Å². The fourth-order valence-corrected chi connectivity index (χ4v) is 3.74. The van der Waals surface area contributed by atoms with Crippen molar-refractivity contribution < 1.29 is 12.8 Å². The van der Waals surface area contributed by atoms with Gasteiger partial charge in [-0.25, -0.2) is 17.8 Å². The standard InChI is InChI=1S/C12H14FN3O2S2/c1-2-5-20(17,18)16-12-15-11(7-19-12)9-4-3-8(13)6-10(9)14/h3-4,6-7H,2,5,14H2,1H3,(H,15,16). The molecule has 3 N–H and O–H groups in total. The summed E-state index contributed by atoms with van der Waals surface area (Å²) < 4.78 is 38.7. The van der Waals surface area contributed by atoms with Gasteiger partial charge in [-0.15, -0.1) is 11.3 Å². The van der Waals surface area contributed by atoms with Gasteiger partial charge >= 0.3 is 0 Å². The third-order valence-electron chi connectivity index (χ3n) is 2.51. The molecule has 0 aliphatic heterocycles. The van der Waals surface area contributed by atoms with Crippen molar-refractivity contribution in [3.8, 4) is 11.3 Å². The van der Waals surface area contributed by atoms with E-state index in [1.165, 1.54) is 18.2 Å². The average molecular weight is 315 g/mol. The van der Waals surface area contributed by atoms with Crippen molar-refractivity contribution in [3.05, 3.63) is 29.4 Å². The zero-order valence-electron chi connectivity index (χ0n) is 10.8. The van der Waals surface area contributed by atoms with Gasteiger partial charge in [-0.05, 0) is 24.6 Å². The lowest BCUT2D eigenvalue weighted by Gasteiger charge is -2.03. The molecule has 0 aliphatic rings. The van der Waals surface area contributed by atoms with Crippen LogP contribution in [0.4, 0.5) is 15.2 Å². The van der Waals surface area contributed by atoms with Crippen molar-refractivity contribution in [1.29, 1.82) is 0 Å². The monoisotopic (exact) mass is 315 g/mol. The molecule has 5 nitrogen and oxygen atoms in total. The zero-order valence-corrected chi connectivity index (χ0v) is 12.4. The van der Waals surface area contributed by atoms with Crippen molar-refractivity contribution >= 4 is 32.2 Å². The molecular weight excluding hydrogens is 301 g/mol. The molecule has 20 heavy (non-hydrogen) atoms. The van der Waals surface area contributed by atoms with Crippen LogP contribution in [-0.2, 0) is 10.0 Å². The fourth-order valence-electron chi connectivity index (χ4n) is 1.66. The van der Waals surface area contributed by atoms with E-state index < -0.39 is 15.8 Å². The van der Waals surface area contributed by atoms with Crippen molar-refractivity contribution in [1.82, 2.24) is 4.98 Å². The smallest absolute Gasteiger partial charge is 0.234 e. The minimum atomic E-state index is -3.36. The highest BCUT2D eigenvalue weighted by molar-refractivity contribution is 7.92. The van der Waals surface area contributed by atoms with E-state index in [0.29, 0.717) is 17.7 Å². The first-order valence-corrected chi connectivity index (χ1v) is 8.46. The predicted molar refractivity (Wildman–Crippen MR) is 79.6 cm³/mol. The maximum absolute atomic E-state index is 13.0. The predicted octanol–water partition coefficient (Wildman–Crippen LogP) is 2.68. The molecule has 0 saturated heterocycles. The van der Waals surface area contributed by atoms with Crippen LogP contribution in [0, 0.1) is 5.82 Å². The van der Waals surface area contributed by atoms with E-state index in [-0.39, 0.29) is 16.6 Å². The molecule has 0 bridgehead atoms. The zero-order chi connectivity index (χ0) is 14.8. The number of hydrogen-bond acceptors (Lipinski definition) is 5. The second kappa shape index (κ2) is 5.76. The topological polar surface area (TPSA) is 85.1 Å². The Morgan fingerprint density at radius 3 is 2.85 bits per heavy atom. The maximum Gasteiger partial charge on any atom is 0.234 e. The Hall–Kier alpha value is -1.67. The summed E-state index contributed by atoms with van der Waals surface area (Å²) in [6, 6.07) is 4.01. The SMILES string of the molecule is CCCS(=O)(=O)Nc1nc(-c2ccc(F)cc2N)cs1. The molecular formula is C12H14FN3O2S2. The molecule has 2 rings (SSSR count). The van der Waals surface area contributed by atoms with Crippen LogP contribution < -0.4 is 10.5 Å². The van der Waals surface area contributed by atoms with Crippen LogP contribution in [0.15, 0.2) is 23.6 Å². The van der Waals surface area contributed by atoms with Gasteiger partial charge in [0.2, 0.25) is 10.0 Å². The van der Waals surface area contributed by atoms with Crippen LogP contribution in [0.5, 0.6) is 0 Å². The first-order chi connectivity index (χ1) is 9.41. The molecule has 8 heteroatoms. The Labute approximate surface area is 120 Å². The first kappa shape index (κ1) is 14.7. The summed E-state index contributed by atoms with van der Waals surface area (Å²) in [6.07, 6.45) is 0.526. The van der Waals surface area contributed by atoms with Crippen molar-refractivity contribution in [3.63, 3.8) is 0 Å². The van der Waals surface area contributed by atoms with Crippen LogP contribution in [-0.4, -0.2) is 19.2 Å². The van der Waals surface area contributed by atoms with Crippen molar-refractivity contribution in [2.24, 2.45) is 0 Å². The van der Waals surface area contributed by atoms with E-state index in [9.17, 15) is 12.8 Å². The number of thiazole rings is 1. The number of anilines is 2. The second-order valence-corrected chi connectivity index (χ2v) is 6.89. The molecule has 0 aliphatic carbocycles. The van der Waals surface area contributed by atoms with E-state index in [2.05, 4.69) is 9.71 Å². The van der Waals surface area contributed by atoms with E-state index >= 15 is 0 Å². The van der Waals surface area contributed by atoms with Crippen LogP contribution >= 0.6 is 11.3 Å². The molecule has 0 radical (unpaired) electrons. The lowest BCUT2D eigenvalue weighted by Crippen LogP contribution is -2.15. The molecule has 2 aromatic rings. The summed E-state index contributed by atoms with van der Waals surface area (Å²) in [7, 11) is -3.36. The number of nitrogens with zero attached hydrogens (tertiary/aromatic N) is 1. The minimum Gasteiger partial charge on any atom is -0.398 e. The Bertz CT molecular complexity index is 713. The highest BCUT2D eigenvalue weighted by Crippen LogP contribution is 2.29. The van der Waals surface area contributed by atoms with Crippen molar-refractivity contribution in [2.75, 3.05) is 16.2 Å². The molecule has 0 amide bonds. The Balaban J connectivity index is 2.25. The van der Waals surface area contributed by atoms with Gasteiger partial charge in [0, 0.05) is 16.6 Å². The number of hydrogen-bond donors (Lipinski definition) is 2. The van der Waals surface area contributed by atoms with E-state index in [4.69, 9.17) is 5.73 Å². The Morgan fingerprint density at radius 1 is 1.45 bits per heavy atom. The van der Waals surface area contributed by atoms with Crippen LogP contribution in [0.25, 0.3) is 11.3 Å². The summed E-state index contributed by atoms with van der Waals surface area (Å²) in [5.41, 5.74) is 7.07. The summed E-state index contributed by atoms with van der Waals surface area (Å²) in [5, 5.41) is 1.95. The van der Waals surface area contributed by atoms with Crippen LogP contribution in [0.3, 0.4) is 0 Å². The van der Waals surface area contributed by atoms with E-state index in [1.54, 1.807) is 12.3 Å². The van der Waals surface area contributed by atoms with Crippen LogP contribution in [0.1, 0.15) is 13.3 Å². The molecule has 1 aromatic carbocycles. The normalized spacial score (nSPS) is 11.5. The van der Waals surface area contributed by atoms with Gasteiger partial charge in [-0.3, -0.25) is 4.72 Å². The largest absolute Gasteiger partial charge is 0.398 e. The summed E-state index contributed by atoms with van der Waals surface area (Å²) >= 11 is 1.16. The minimum absolute atomic E-state index is 0.0423. The number of rotatable bonds is 5. The summed E-state index contributed by atoms with van der Waals surface area (Å²) in [5.74, 6) is -0.383. The summed E-state index contributed by atoms with van der Waals surface area (Å²) in [6.45, 7) is 1.78. The molecule has 108 valence electrons. The fraction of sp³-hybridized carbons (Fsp3) is 0.250. The Morgan fingerprint density at radius 2 is 2.20 bits per heavy atom. The number of benzene rings is 1. The number of nitrogen functional groups attached to an aromatic ring is 1. The number of nitrogens with one attached hydrogen (secondary N) is 1. The highest BCUT2D eigenvalue weighted by atomic mass is 32.2. The number of halogens is 1. The summed E-state index contributed by atoms with van der Waals surface area (Å²) in [4.78, 5) is 4.16. The molecule has 0 saturated carbocycles. The maximum atomic E-state index is 13.0. The third kappa shape index (κ3) is 3.45. The molecule has 1 aromatic heterocycles. The van der Waals surface area contributed by atoms with Gasteiger partial charge in [-0.1, -0.05) is 6.92 Å². The lowest BCUT2D eigenvalue weighted by molar-refractivity contribution is 0.600. The van der Waals surface area contributed by atoms with Gasteiger partial charge in [0.05, 0.1) is 11.4 Å². The van der Waals surface area contributed by atoms with Gasteiger partial charge < -0.3 is 5.73 Å². The molecule has 0 spiro atoms. The van der Waals surface area contributed by atoms with E-state index in [0.717, 1.165) is 11.3 Å². The third-order valence-corrected chi connectivity index (χ3v) is 4.85. The molecule has 0 atom stereocenters. The van der Waals surface area contributed by atoms with E-state index in [1.807, 2.05) is 0 Å². The van der Waals surface area contributed by atoms with Gasteiger partial charge in [0.1, 0.15) is 5.82 Å². The van der Waals surface area contributed by atoms with Gasteiger partial charge in [-0.2, -0.15) is 0 Å². The van der Waals surface area contributed by atoms with Crippen LogP contribution in [0.2, 0.25) is 0 Å². The number of sulfonamides is 1. The first-order valence-electron chi connectivity index (χ1n) is 5.92. The molecule has 0 unspecified atom stereocenters. The Kier molecular flexibility index (Phi) is 4.24. The molecule has 0 fully saturated rings. The highest BCUT2D eigenvalue weighted by Gasteiger charge is 2.13. The molecule has 1 heterocycles. The van der Waals surface area contributed by atoms with Gasteiger partial charge in [0.15, 0.2) is 5.13 Å². The average Bonchev–Trinajstić information content (AvgIpc) is 2.76. The second-order valence-electron chi connectivity index (χ2n) is 4.19.